The van der Waals surface area contributed by atoms with Gasteiger partial charge in [0.15, 0.2) is 11.6 Å². The lowest BCUT2D eigenvalue weighted by Gasteiger charge is -2.34. The maximum absolute atomic E-state index is 12.3. The van der Waals surface area contributed by atoms with Crippen LogP contribution < -0.4 is 0 Å². The molecule has 0 N–H and O–H groups in total. The van der Waals surface area contributed by atoms with E-state index in [1.165, 1.54) is 22.3 Å². The third-order valence-electron chi connectivity index (χ3n) is 7.16. The summed E-state index contributed by atoms with van der Waals surface area (Å²) in [7, 11) is 0. The number of rotatable bonds is 3. The number of fused-ring (bicyclic) bond motifs is 6. The Balaban J connectivity index is 1.71. The van der Waals surface area contributed by atoms with Gasteiger partial charge in [-0.15, -0.1) is 0 Å². The molecular weight excluding hydrogens is 472 g/mol. The van der Waals surface area contributed by atoms with Gasteiger partial charge in [0, 0.05) is 17.0 Å². The van der Waals surface area contributed by atoms with Crippen molar-refractivity contribution in [3.05, 3.63) is 118 Å². The topological polar surface area (TPSA) is 34.1 Å². The van der Waals surface area contributed by atoms with Crippen LogP contribution in [0.2, 0.25) is 0 Å². The third-order valence-corrected chi connectivity index (χ3v) is 8.47. The molecule has 0 aromatic heterocycles. The molecule has 2 atom stereocenters. The summed E-state index contributed by atoms with van der Waals surface area (Å²) in [6.45, 7) is 3.22. The van der Waals surface area contributed by atoms with Crippen molar-refractivity contribution in [2.24, 2.45) is 0 Å². The van der Waals surface area contributed by atoms with Gasteiger partial charge in [-0.25, -0.2) is 0 Å². The standard InChI is InChI=1S/C30H21BrO2/c1-17(32)19-11-13-22-21-7-3-4-9-25(21)29(26(22)15-19)30(31)27-10-6-5-8-23(27)24-14-12-20(18(2)33)16-28(24)30/h3-16,29H,1-2H3. The van der Waals surface area contributed by atoms with Gasteiger partial charge in [0.25, 0.3) is 0 Å². The normalized spacial score (nSPS) is 19.4. The van der Waals surface area contributed by atoms with Gasteiger partial charge in [-0.2, -0.15) is 0 Å². The molecule has 0 radical (unpaired) electrons. The Morgan fingerprint density at radius 3 is 1.91 bits per heavy atom. The highest BCUT2D eigenvalue weighted by atomic mass is 79.9. The first kappa shape index (κ1) is 20.3. The predicted molar refractivity (Wildman–Crippen MR) is 135 cm³/mol. The van der Waals surface area contributed by atoms with Crippen LogP contribution in [0.25, 0.3) is 22.3 Å². The van der Waals surface area contributed by atoms with Crippen molar-refractivity contribution in [3.63, 3.8) is 0 Å². The van der Waals surface area contributed by atoms with E-state index in [-0.39, 0.29) is 17.5 Å². The molecular formula is C30H21BrO2. The Labute approximate surface area is 201 Å². The number of benzene rings is 4. The molecule has 4 aromatic rings. The fourth-order valence-corrected chi connectivity index (χ4v) is 6.81. The number of hydrogen-bond donors (Lipinski definition) is 0. The van der Waals surface area contributed by atoms with E-state index in [1.807, 2.05) is 18.2 Å². The van der Waals surface area contributed by atoms with E-state index in [2.05, 4.69) is 82.7 Å². The largest absolute Gasteiger partial charge is 0.295 e. The quantitative estimate of drug-likeness (QED) is 0.219. The molecule has 160 valence electrons. The summed E-state index contributed by atoms with van der Waals surface area (Å²) in [5.74, 6) is 0.0597. The van der Waals surface area contributed by atoms with E-state index in [0.29, 0.717) is 11.1 Å². The molecule has 0 saturated carbocycles. The van der Waals surface area contributed by atoms with E-state index in [0.717, 1.165) is 22.3 Å². The monoisotopic (exact) mass is 492 g/mol. The van der Waals surface area contributed by atoms with Crippen LogP contribution >= 0.6 is 15.9 Å². The van der Waals surface area contributed by atoms with E-state index in [1.54, 1.807) is 13.8 Å². The zero-order chi connectivity index (χ0) is 22.9. The molecule has 2 aliphatic rings. The minimum Gasteiger partial charge on any atom is -0.295 e. The lowest BCUT2D eigenvalue weighted by Crippen LogP contribution is -2.26. The van der Waals surface area contributed by atoms with Crippen molar-refractivity contribution in [1.29, 1.82) is 0 Å². The molecule has 0 saturated heterocycles. The van der Waals surface area contributed by atoms with Crippen molar-refractivity contribution in [2.45, 2.75) is 24.1 Å². The third kappa shape index (κ3) is 2.72. The molecule has 0 heterocycles. The summed E-state index contributed by atoms with van der Waals surface area (Å²) in [6, 6.07) is 29.0. The first-order valence-electron chi connectivity index (χ1n) is 11.1. The lowest BCUT2D eigenvalue weighted by molar-refractivity contribution is 0.100. The maximum Gasteiger partial charge on any atom is 0.159 e. The van der Waals surface area contributed by atoms with Crippen molar-refractivity contribution in [3.8, 4) is 22.3 Å². The average molecular weight is 493 g/mol. The molecule has 6 rings (SSSR count). The SMILES string of the molecule is CC(=O)c1ccc2c(c1)C(C1(Br)c3ccccc3-c3ccc(C(C)=O)cc31)c1ccccc1-2. The van der Waals surface area contributed by atoms with E-state index < -0.39 is 4.32 Å². The molecule has 2 nitrogen and oxygen atoms in total. The lowest BCUT2D eigenvalue weighted by atomic mass is 9.77. The van der Waals surface area contributed by atoms with Crippen LogP contribution in [0.5, 0.6) is 0 Å². The summed E-state index contributed by atoms with van der Waals surface area (Å²) in [4.78, 5) is 24.6. The van der Waals surface area contributed by atoms with E-state index in [9.17, 15) is 9.59 Å². The highest BCUT2D eigenvalue weighted by Gasteiger charge is 2.51. The van der Waals surface area contributed by atoms with Gasteiger partial charge in [0.05, 0.1) is 4.32 Å². The Hall–Kier alpha value is -3.30. The number of carbonyl (C=O) groups excluding carboxylic acids is 2. The summed E-state index contributed by atoms with van der Waals surface area (Å²) < 4.78 is -0.568. The minimum atomic E-state index is -0.568. The van der Waals surface area contributed by atoms with Gasteiger partial charge in [0.1, 0.15) is 0 Å². The van der Waals surface area contributed by atoms with Crippen molar-refractivity contribution in [2.75, 3.05) is 0 Å². The minimum absolute atomic E-state index is 0.0485. The first-order chi connectivity index (χ1) is 15.9. The van der Waals surface area contributed by atoms with Crippen molar-refractivity contribution in [1.82, 2.24) is 0 Å². The Morgan fingerprint density at radius 2 is 1.18 bits per heavy atom. The molecule has 0 bridgehead atoms. The van der Waals surface area contributed by atoms with E-state index in [4.69, 9.17) is 0 Å². The number of carbonyl (C=O) groups is 2. The molecule has 3 heteroatoms. The fourth-order valence-electron chi connectivity index (χ4n) is 5.65. The zero-order valence-corrected chi connectivity index (χ0v) is 19.9. The molecule has 0 fully saturated rings. The summed E-state index contributed by atoms with van der Waals surface area (Å²) in [6.07, 6.45) is 0. The second-order valence-electron chi connectivity index (χ2n) is 8.95. The van der Waals surface area contributed by atoms with Crippen LogP contribution in [0.4, 0.5) is 0 Å². The van der Waals surface area contributed by atoms with Gasteiger partial charge in [-0.05, 0) is 70.5 Å². The molecule has 33 heavy (non-hydrogen) atoms. The molecule has 0 spiro atoms. The van der Waals surface area contributed by atoms with Gasteiger partial charge in [-0.3, -0.25) is 9.59 Å². The van der Waals surface area contributed by atoms with E-state index >= 15 is 0 Å². The van der Waals surface area contributed by atoms with Crippen LogP contribution in [0, 0.1) is 0 Å². The first-order valence-corrected chi connectivity index (χ1v) is 11.9. The Bertz CT molecular complexity index is 1500. The number of hydrogen-bond acceptors (Lipinski definition) is 2. The van der Waals surface area contributed by atoms with Crippen molar-refractivity contribution < 1.29 is 9.59 Å². The summed E-state index contributed by atoms with van der Waals surface area (Å²) in [5.41, 5.74) is 10.7. The molecule has 2 aliphatic carbocycles. The smallest absolute Gasteiger partial charge is 0.159 e. The Kier molecular flexibility index (Phi) is 4.37. The van der Waals surface area contributed by atoms with Gasteiger partial charge < -0.3 is 0 Å². The molecule has 0 amide bonds. The fraction of sp³-hybridized carbons (Fsp3) is 0.133. The molecule has 0 aliphatic heterocycles. The van der Waals surface area contributed by atoms with Gasteiger partial charge in [0.2, 0.25) is 0 Å². The zero-order valence-electron chi connectivity index (χ0n) is 18.4. The summed E-state index contributed by atoms with van der Waals surface area (Å²) >= 11 is 4.26. The number of alkyl halides is 1. The summed E-state index contributed by atoms with van der Waals surface area (Å²) in [5, 5.41) is 0. The average Bonchev–Trinajstić information content (AvgIpc) is 3.29. The van der Waals surface area contributed by atoms with Crippen LogP contribution in [0.3, 0.4) is 0 Å². The van der Waals surface area contributed by atoms with Gasteiger partial charge in [-0.1, -0.05) is 88.7 Å². The highest BCUT2D eigenvalue weighted by molar-refractivity contribution is 9.09. The number of Topliss-reactive ketones (excluding diaryl/α,β-unsaturated/α-hetero) is 2. The molecule has 4 aromatic carbocycles. The second-order valence-corrected chi connectivity index (χ2v) is 10.2. The predicted octanol–water partition coefficient (Wildman–Crippen LogP) is 7.52. The van der Waals surface area contributed by atoms with Crippen LogP contribution in [0.1, 0.15) is 62.7 Å². The number of halogens is 1. The van der Waals surface area contributed by atoms with Crippen LogP contribution in [0.15, 0.2) is 84.9 Å². The van der Waals surface area contributed by atoms with Gasteiger partial charge >= 0.3 is 0 Å². The Morgan fingerprint density at radius 1 is 0.636 bits per heavy atom. The maximum atomic E-state index is 12.3. The van der Waals surface area contributed by atoms with Crippen LogP contribution in [-0.4, -0.2) is 11.6 Å². The second kappa shape index (κ2) is 7.10. The number of ketones is 2. The highest BCUT2D eigenvalue weighted by Crippen LogP contribution is 2.64. The molecule has 2 unspecified atom stereocenters. The van der Waals surface area contributed by atoms with Crippen molar-refractivity contribution >= 4 is 27.5 Å². The van der Waals surface area contributed by atoms with Crippen LogP contribution in [-0.2, 0) is 4.32 Å².